The number of non-ortho nitro benzene ring substituents is 1. The van der Waals surface area contributed by atoms with Gasteiger partial charge >= 0.3 is 0 Å². The molecule has 0 amide bonds. The highest BCUT2D eigenvalue weighted by Gasteiger charge is 2.22. The number of nitro groups is 1. The van der Waals surface area contributed by atoms with Gasteiger partial charge in [0.25, 0.3) is 15.7 Å². The Morgan fingerprint density at radius 2 is 2.18 bits per heavy atom. The zero-order valence-corrected chi connectivity index (χ0v) is 20.8. The number of nitrogens with one attached hydrogen (secondary N) is 1. The van der Waals surface area contributed by atoms with Crippen LogP contribution >= 0.6 is 27.5 Å². The molecule has 0 radical (unpaired) electrons. The SMILES string of the molecule is CN(C)C=NS(=O)(=O)c1ccc([N+](=O)[O-])cc1OCCCC(CO)Nc1nc(Cl)ncc1Br. The molecule has 2 rings (SSSR count). The van der Waals surface area contributed by atoms with Crippen molar-refractivity contribution >= 4 is 55.4 Å². The number of ether oxygens (including phenoxy) is 1. The summed E-state index contributed by atoms with van der Waals surface area (Å²) in [5.74, 6) is 0.222. The van der Waals surface area contributed by atoms with Crippen LogP contribution in [0.4, 0.5) is 11.5 Å². The molecule has 0 aliphatic rings. The molecule has 1 aromatic heterocycles. The Kier molecular flexibility index (Phi) is 9.76. The fourth-order valence-electron chi connectivity index (χ4n) is 2.51. The Balaban J connectivity index is 2.10. The van der Waals surface area contributed by atoms with Crippen LogP contribution in [0.1, 0.15) is 12.8 Å². The molecule has 1 heterocycles. The fraction of sp³-hybridized carbons (Fsp3) is 0.389. The first-order valence-electron chi connectivity index (χ1n) is 9.47. The van der Waals surface area contributed by atoms with Crippen molar-refractivity contribution < 1.29 is 23.2 Å². The summed E-state index contributed by atoms with van der Waals surface area (Å²) in [6, 6.07) is 2.79. The van der Waals surface area contributed by atoms with E-state index in [4.69, 9.17) is 16.3 Å². The molecule has 0 bridgehead atoms. The molecule has 0 aliphatic carbocycles. The predicted octanol–water partition coefficient (Wildman–Crippen LogP) is 2.71. The van der Waals surface area contributed by atoms with Gasteiger partial charge < -0.3 is 20.1 Å². The van der Waals surface area contributed by atoms with Gasteiger partial charge in [-0.15, -0.1) is 4.40 Å². The number of aliphatic hydroxyl groups excluding tert-OH is 1. The maximum absolute atomic E-state index is 12.5. The lowest BCUT2D eigenvalue weighted by atomic mass is 10.1. The lowest BCUT2D eigenvalue weighted by Gasteiger charge is -2.18. The second-order valence-electron chi connectivity index (χ2n) is 6.90. The lowest BCUT2D eigenvalue weighted by molar-refractivity contribution is -0.385. The monoisotopic (exact) mass is 564 g/mol. The second-order valence-corrected chi connectivity index (χ2v) is 9.69. The minimum Gasteiger partial charge on any atom is -0.492 e. The molecule has 0 saturated carbocycles. The van der Waals surface area contributed by atoms with Gasteiger partial charge in [0.15, 0.2) is 0 Å². The largest absolute Gasteiger partial charge is 0.492 e. The summed E-state index contributed by atoms with van der Waals surface area (Å²) >= 11 is 9.08. The zero-order chi connectivity index (χ0) is 24.6. The van der Waals surface area contributed by atoms with Crippen molar-refractivity contribution in [2.75, 3.05) is 32.6 Å². The molecule has 180 valence electrons. The van der Waals surface area contributed by atoms with Gasteiger partial charge in [-0.1, -0.05) is 0 Å². The van der Waals surface area contributed by atoms with Crippen LogP contribution in [-0.4, -0.2) is 73.0 Å². The van der Waals surface area contributed by atoms with Crippen LogP contribution in [0.15, 0.2) is 38.2 Å². The third kappa shape index (κ3) is 8.07. The van der Waals surface area contributed by atoms with Crippen molar-refractivity contribution in [1.29, 1.82) is 0 Å². The number of rotatable bonds is 12. The fourth-order valence-corrected chi connectivity index (χ4v) is 3.99. The first kappa shape index (κ1) is 26.7. The van der Waals surface area contributed by atoms with E-state index in [9.17, 15) is 23.6 Å². The van der Waals surface area contributed by atoms with Crippen LogP contribution in [0.2, 0.25) is 5.28 Å². The summed E-state index contributed by atoms with van der Waals surface area (Å²) in [5.41, 5.74) is -0.319. The third-order valence-electron chi connectivity index (χ3n) is 4.06. The number of hydrogen-bond acceptors (Lipinski definition) is 9. The summed E-state index contributed by atoms with van der Waals surface area (Å²) in [6.07, 6.45) is 3.38. The third-order valence-corrected chi connectivity index (χ3v) is 6.09. The lowest BCUT2D eigenvalue weighted by Crippen LogP contribution is -2.25. The van der Waals surface area contributed by atoms with Crippen LogP contribution in [-0.2, 0) is 10.0 Å². The van der Waals surface area contributed by atoms with Crippen LogP contribution in [0, 0.1) is 10.1 Å². The number of aromatic nitrogens is 2. The van der Waals surface area contributed by atoms with Gasteiger partial charge in [0.2, 0.25) is 5.28 Å². The van der Waals surface area contributed by atoms with E-state index >= 15 is 0 Å². The Morgan fingerprint density at radius 1 is 1.45 bits per heavy atom. The molecule has 12 nitrogen and oxygen atoms in total. The van der Waals surface area contributed by atoms with E-state index in [1.165, 1.54) is 11.1 Å². The van der Waals surface area contributed by atoms with E-state index in [2.05, 4.69) is 35.6 Å². The smallest absolute Gasteiger partial charge is 0.287 e. The molecular weight excluding hydrogens is 544 g/mol. The van der Waals surface area contributed by atoms with Crippen LogP contribution in [0.3, 0.4) is 0 Å². The molecule has 1 atom stereocenters. The maximum Gasteiger partial charge on any atom is 0.287 e. The minimum atomic E-state index is -4.14. The highest BCUT2D eigenvalue weighted by molar-refractivity contribution is 9.10. The first-order chi connectivity index (χ1) is 15.5. The van der Waals surface area contributed by atoms with Gasteiger partial charge in [0, 0.05) is 26.4 Å². The number of anilines is 1. The van der Waals surface area contributed by atoms with Gasteiger partial charge in [-0.2, -0.15) is 13.4 Å². The van der Waals surface area contributed by atoms with Crippen molar-refractivity contribution in [3.63, 3.8) is 0 Å². The first-order valence-corrected chi connectivity index (χ1v) is 12.1. The van der Waals surface area contributed by atoms with Crippen molar-refractivity contribution in [3.8, 4) is 5.75 Å². The van der Waals surface area contributed by atoms with Gasteiger partial charge in [-0.05, 0) is 46.4 Å². The van der Waals surface area contributed by atoms with E-state index in [0.717, 1.165) is 24.5 Å². The molecule has 0 fully saturated rings. The number of aliphatic hydroxyl groups is 1. The highest BCUT2D eigenvalue weighted by Crippen LogP contribution is 2.30. The number of nitrogens with zero attached hydrogens (tertiary/aromatic N) is 5. The van der Waals surface area contributed by atoms with Crippen molar-refractivity contribution in [3.05, 3.63) is 44.3 Å². The second kappa shape index (κ2) is 12.1. The molecule has 0 saturated heterocycles. The summed E-state index contributed by atoms with van der Waals surface area (Å²) in [4.78, 5) is 19.5. The van der Waals surface area contributed by atoms with E-state index in [0.29, 0.717) is 23.1 Å². The normalized spacial score (nSPS) is 12.5. The highest BCUT2D eigenvalue weighted by atomic mass is 79.9. The average Bonchev–Trinajstić information content (AvgIpc) is 2.76. The van der Waals surface area contributed by atoms with Gasteiger partial charge in [0.05, 0.1) is 34.7 Å². The number of halogens is 2. The quantitative estimate of drug-likeness (QED) is 0.0977. The predicted molar refractivity (Wildman–Crippen MR) is 126 cm³/mol. The van der Waals surface area contributed by atoms with Gasteiger partial charge in [-0.25, -0.2) is 4.98 Å². The molecule has 1 aromatic carbocycles. The molecule has 1 unspecified atom stereocenters. The number of benzene rings is 1. The summed E-state index contributed by atoms with van der Waals surface area (Å²) in [6.45, 7) is -0.186. The summed E-state index contributed by atoms with van der Waals surface area (Å²) < 4.78 is 34.8. The number of hydrogen-bond donors (Lipinski definition) is 2. The van der Waals surface area contributed by atoms with Crippen molar-refractivity contribution in [2.24, 2.45) is 4.40 Å². The molecule has 0 aliphatic heterocycles. The van der Waals surface area contributed by atoms with Crippen molar-refractivity contribution in [1.82, 2.24) is 14.9 Å². The van der Waals surface area contributed by atoms with Gasteiger partial charge in [0.1, 0.15) is 22.8 Å². The standard InChI is InChI=1S/C18H22BrClN6O6S/c1-25(2)11-22-33(30,31)16-6-5-13(26(28)29)8-15(16)32-7-3-4-12(10-27)23-17-14(19)9-21-18(20)24-17/h5-6,8-9,11-12,27H,3-4,7,10H2,1-2H3,(H,21,23,24). The molecule has 15 heteroatoms. The van der Waals surface area contributed by atoms with E-state index in [1.54, 1.807) is 14.1 Å². The van der Waals surface area contributed by atoms with E-state index < -0.39 is 21.0 Å². The molecule has 2 N–H and O–H groups in total. The molecule has 2 aromatic rings. The molecule has 0 spiro atoms. The van der Waals surface area contributed by atoms with Crippen LogP contribution in [0.25, 0.3) is 0 Å². The molecule has 33 heavy (non-hydrogen) atoms. The average molecular weight is 566 g/mol. The Morgan fingerprint density at radius 3 is 2.82 bits per heavy atom. The van der Waals surface area contributed by atoms with Gasteiger partial charge in [-0.3, -0.25) is 10.1 Å². The van der Waals surface area contributed by atoms with Crippen LogP contribution < -0.4 is 10.1 Å². The van der Waals surface area contributed by atoms with Crippen LogP contribution in [0.5, 0.6) is 5.75 Å². The van der Waals surface area contributed by atoms with E-state index in [1.807, 2.05) is 0 Å². The Hall–Kier alpha value is -2.55. The topological polar surface area (TPSA) is 160 Å². The Bertz CT molecular complexity index is 1120. The Labute approximate surface area is 204 Å². The van der Waals surface area contributed by atoms with Crippen molar-refractivity contribution in [2.45, 2.75) is 23.8 Å². The minimum absolute atomic E-state index is 0.0327. The number of nitro benzene ring substituents is 1. The summed E-state index contributed by atoms with van der Waals surface area (Å²) in [5, 5.41) is 23.8. The van der Waals surface area contributed by atoms with E-state index in [-0.39, 0.29) is 34.8 Å². The summed E-state index contributed by atoms with van der Waals surface area (Å²) in [7, 11) is -0.934. The maximum atomic E-state index is 12.5. The zero-order valence-electron chi connectivity index (χ0n) is 17.7. The molecular formula is C18H22BrClN6O6S. The number of sulfonamides is 1.